The molecule has 4 atom stereocenters. The van der Waals surface area contributed by atoms with Crippen molar-refractivity contribution in [3.8, 4) is 17.0 Å². The van der Waals surface area contributed by atoms with Gasteiger partial charge in [-0.3, -0.25) is 19.1 Å². The third-order valence-electron chi connectivity index (χ3n) is 11.1. The smallest absolute Gasteiger partial charge is 0.397 e. The number of hydrogen-bond donors (Lipinski definition) is 3. The Balaban J connectivity index is 1.33. The lowest BCUT2D eigenvalue weighted by molar-refractivity contribution is -0.156. The maximum Gasteiger partial charge on any atom is 0.397 e. The summed E-state index contributed by atoms with van der Waals surface area (Å²) >= 11 is 0. The van der Waals surface area contributed by atoms with Crippen molar-refractivity contribution >= 4 is 38.6 Å². The van der Waals surface area contributed by atoms with Gasteiger partial charge in [0, 0.05) is 29.1 Å². The third-order valence-corrected chi connectivity index (χ3v) is 13.3. The fraction of sp³-hybridized carbons (Fsp3) is 0.500. The van der Waals surface area contributed by atoms with Crippen molar-refractivity contribution in [1.82, 2.24) is 19.9 Å². The first-order valence-corrected chi connectivity index (χ1v) is 20.3. The monoisotopic (exact) mass is 786 g/mol. The molecule has 2 fully saturated rings. The molecular formula is C40H46F4N4O6S. The van der Waals surface area contributed by atoms with Crippen molar-refractivity contribution < 1.29 is 45.5 Å². The zero-order valence-electron chi connectivity index (χ0n) is 30.6. The van der Waals surface area contributed by atoms with E-state index >= 15 is 0 Å². The Kier molecular flexibility index (Phi) is 11.9. The van der Waals surface area contributed by atoms with E-state index in [1.54, 1.807) is 37.3 Å². The standard InChI is InChI=1S/C40H46F4N4O6S/c1-39(19-20-39)55(53,54)47-37(51)30-14-6-4-2-3-5-7-16-32(45-34(49)23-40(42,43)44)38(52)48-24-25(21-33(30)48)17-18-29-28-13-8-9-15-31(28)46-35(36(29)50)26-11-10-12-27(41)22-26/h4,6,8-13,15,22,25,30,32-33,50H,2-3,5,7,14,16-21,23-24H2,1H3,(H,45,49)(H,47,51)/b6-4-/t25-,30?,32-,33?/m0/s1. The molecule has 55 heavy (non-hydrogen) atoms. The van der Waals surface area contributed by atoms with Crippen LogP contribution in [0.2, 0.25) is 0 Å². The molecule has 2 aromatic carbocycles. The van der Waals surface area contributed by atoms with Gasteiger partial charge in [0.05, 0.1) is 16.2 Å². The van der Waals surface area contributed by atoms with Crippen LogP contribution in [0.1, 0.15) is 83.1 Å². The number of benzene rings is 2. The number of para-hydroxylation sites is 1. The molecule has 1 aromatic heterocycles. The highest BCUT2D eigenvalue weighted by atomic mass is 32.2. The summed E-state index contributed by atoms with van der Waals surface area (Å²) in [5.41, 5.74) is 1.70. The number of allylic oxidation sites excluding steroid dienone is 2. The number of aromatic hydroxyl groups is 1. The summed E-state index contributed by atoms with van der Waals surface area (Å²) < 4.78 is 81.4. The van der Waals surface area contributed by atoms with Crippen LogP contribution >= 0.6 is 0 Å². The summed E-state index contributed by atoms with van der Waals surface area (Å²) in [6.07, 6.45) is 1.54. The molecule has 3 aromatic rings. The Morgan fingerprint density at radius 3 is 2.55 bits per heavy atom. The van der Waals surface area contributed by atoms with Gasteiger partial charge in [-0.05, 0) is 88.8 Å². The lowest BCUT2D eigenvalue weighted by Gasteiger charge is -2.33. The van der Waals surface area contributed by atoms with Gasteiger partial charge in [0.15, 0.2) is 0 Å². The molecule has 3 heterocycles. The van der Waals surface area contributed by atoms with Crippen LogP contribution < -0.4 is 10.0 Å². The van der Waals surface area contributed by atoms with Gasteiger partial charge in [-0.1, -0.05) is 55.3 Å². The Bertz CT molecular complexity index is 2070. The van der Waals surface area contributed by atoms with Crippen molar-refractivity contribution in [1.29, 1.82) is 0 Å². The van der Waals surface area contributed by atoms with Crippen LogP contribution in [0.3, 0.4) is 0 Å². The van der Waals surface area contributed by atoms with Crippen LogP contribution in [0.5, 0.6) is 5.75 Å². The number of fused-ring (bicyclic) bond motifs is 2. The van der Waals surface area contributed by atoms with Crippen molar-refractivity contribution in [2.75, 3.05) is 6.54 Å². The van der Waals surface area contributed by atoms with E-state index in [0.717, 1.165) is 0 Å². The number of alkyl halides is 3. The summed E-state index contributed by atoms with van der Waals surface area (Å²) in [6, 6.07) is 10.8. The number of amides is 3. The van der Waals surface area contributed by atoms with E-state index in [9.17, 15) is 45.5 Å². The number of rotatable bonds is 9. The third kappa shape index (κ3) is 9.47. The molecule has 0 radical (unpaired) electrons. The number of nitrogens with one attached hydrogen (secondary N) is 2. The van der Waals surface area contributed by atoms with Crippen LogP contribution in [0, 0.1) is 17.7 Å². The number of halogens is 4. The van der Waals surface area contributed by atoms with Gasteiger partial charge in [-0.15, -0.1) is 0 Å². The van der Waals surface area contributed by atoms with Gasteiger partial charge in [-0.2, -0.15) is 13.2 Å². The van der Waals surface area contributed by atoms with E-state index < -0.39 is 68.9 Å². The van der Waals surface area contributed by atoms with Crippen LogP contribution in [0.15, 0.2) is 60.7 Å². The molecule has 3 aliphatic rings. The Morgan fingerprint density at radius 2 is 1.82 bits per heavy atom. The van der Waals surface area contributed by atoms with Crippen molar-refractivity contribution in [3.63, 3.8) is 0 Å². The summed E-state index contributed by atoms with van der Waals surface area (Å²) in [5, 5.41) is 14.6. The number of aryl methyl sites for hydroxylation is 1. The highest BCUT2D eigenvalue weighted by Gasteiger charge is 2.52. The Hall–Kier alpha value is -4.53. The first-order chi connectivity index (χ1) is 26.0. The molecule has 1 saturated carbocycles. The normalized spacial score (nSPS) is 23.9. The van der Waals surface area contributed by atoms with E-state index in [0.29, 0.717) is 67.0 Å². The number of aromatic nitrogens is 1. The minimum Gasteiger partial charge on any atom is -0.505 e. The maximum atomic E-state index is 14.4. The molecule has 2 aliphatic heterocycles. The number of carbonyl (C=O) groups excluding carboxylic acids is 3. The second-order valence-electron chi connectivity index (χ2n) is 15.3. The molecule has 3 N–H and O–H groups in total. The minimum atomic E-state index is -4.78. The Labute approximate surface area is 317 Å². The summed E-state index contributed by atoms with van der Waals surface area (Å²) in [4.78, 5) is 47.0. The zero-order valence-corrected chi connectivity index (χ0v) is 31.4. The van der Waals surface area contributed by atoms with Gasteiger partial charge in [0.2, 0.25) is 27.7 Å². The van der Waals surface area contributed by atoms with Gasteiger partial charge < -0.3 is 15.3 Å². The highest BCUT2D eigenvalue weighted by Crippen LogP contribution is 2.43. The molecule has 1 saturated heterocycles. The molecule has 1 aliphatic carbocycles. The zero-order chi connectivity index (χ0) is 39.5. The molecule has 6 rings (SSSR count). The minimum absolute atomic E-state index is 0.0770. The SMILES string of the molecule is CC1(S(=O)(=O)NC(=O)C2C/C=C\CCCCC[C@H](NC(=O)CC(F)(F)F)C(=O)N3C[C@@H](CCc4c(O)c(-c5cccc(F)c5)nc5ccccc45)CC23)CC1. The lowest BCUT2D eigenvalue weighted by atomic mass is 9.88. The first kappa shape index (κ1) is 40.1. The van der Waals surface area contributed by atoms with Crippen molar-refractivity contribution in [3.05, 3.63) is 72.1 Å². The lowest BCUT2D eigenvalue weighted by Crippen LogP contribution is -2.54. The van der Waals surface area contributed by atoms with Gasteiger partial charge in [-0.25, -0.2) is 17.8 Å². The molecule has 3 amide bonds. The van der Waals surface area contributed by atoms with Crippen LogP contribution in [0.4, 0.5) is 17.6 Å². The van der Waals surface area contributed by atoms with E-state index in [1.165, 1.54) is 23.1 Å². The number of sulfonamides is 1. The van der Waals surface area contributed by atoms with E-state index in [1.807, 2.05) is 12.1 Å². The molecule has 15 heteroatoms. The predicted octanol–water partition coefficient (Wildman–Crippen LogP) is 6.86. The van der Waals surface area contributed by atoms with E-state index in [4.69, 9.17) is 0 Å². The number of nitrogens with zero attached hydrogens (tertiary/aromatic N) is 2. The molecule has 0 spiro atoms. The second kappa shape index (κ2) is 16.3. The molecule has 2 unspecified atom stereocenters. The maximum absolute atomic E-state index is 14.4. The number of carbonyl (C=O) groups is 3. The summed E-state index contributed by atoms with van der Waals surface area (Å²) in [6.45, 7) is 1.63. The van der Waals surface area contributed by atoms with Crippen LogP contribution in [-0.2, 0) is 30.8 Å². The Morgan fingerprint density at radius 1 is 1.05 bits per heavy atom. The van der Waals surface area contributed by atoms with E-state index in [2.05, 4.69) is 15.0 Å². The molecule has 10 nitrogen and oxygen atoms in total. The quantitative estimate of drug-likeness (QED) is 0.159. The summed E-state index contributed by atoms with van der Waals surface area (Å²) in [7, 11) is -4.04. The topological polar surface area (TPSA) is 146 Å². The summed E-state index contributed by atoms with van der Waals surface area (Å²) in [5.74, 6) is -4.69. The molecule has 0 bridgehead atoms. The average Bonchev–Trinajstić information content (AvgIpc) is 3.75. The van der Waals surface area contributed by atoms with Crippen molar-refractivity contribution in [2.24, 2.45) is 11.8 Å². The van der Waals surface area contributed by atoms with Gasteiger partial charge in [0.25, 0.3) is 0 Å². The molecular weight excluding hydrogens is 741 g/mol. The predicted molar refractivity (Wildman–Crippen MR) is 198 cm³/mol. The molecule has 296 valence electrons. The second-order valence-corrected chi connectivity index (χ2v) is 17.5. The highest BCUT2D eigenvalue weighted by molar-refractivity contribution is 7.91. The number of hydrogen-bond acceptors (Lipinski definition) is 7. The van der Waals surface area contributed by atoms with Gasteiger partial charge >= 0.3 is 6.18 Å². The van der Waals surface area contributed by atoms with Crippen molar-refractivity contribution in [2.45, 2.75) is 107 Å². The number of pyridine rings is 1. The van der Waals surface area contributed by atoms with Gasteiger partial charge in [0.1, 0.15) is 29.7 Å². The fourth-order valence-corrected chi connectivity index (χ4v) is 9.06. The van der Waals surface area contributed by atoms with Crippen LogP contribution in [0.25, 0.3) is 22.2 Å². The first-order valence-electron chi connectivity index (χ1n) is 18.8. The largest absolute Gasteiger partial charge is 0.505 e. The fourth-order valence-electron chi connectivity index (χ4n) is 7.76. The van der Waals surface area contributed by atoms with E-state index in [-0.39, 0.29) is 49.6 Å². The average molecular weight is 787 g/mol. The van der Waals surface area contributed by atoms with Crippen LogP contribution in [-0.4, -0.2) is 70.7 Å².